The number of nitrogens with zero attached hydrogens (tertiary/aromatic N) is 2. The van der Waals surface area contributed by atoms with E-state index in [0.29, 0.717) is 5.69 Å². The second-order valence-corrected chi connectivity index (χ2v) is 7.95. The van der Waals surface area contributed by atoms with Crippen molar-refractivity contribution in [3.05, 3.63) is 71.2 Å². The summed E-state index contributed by atoms with van der Waals surface area (Å²) in [6.07, 6.45) is 0. The monoisotopic (exact) mass is 382 g/mol. The number of rotatable bonds is 4. The predicted molar refractivity (Wildman–Crippen MR) is 107 cm³/mol. The zero-order chi connectivity index (χ0) is 17.9. The minimum atomic E-state index is -0.0127. The van der Waals surface area contributed by atoms with E-state index in [1.165, 1.54) is 11.3 Å². The Bertz CT molecular complexity index is 911. The van der Waals surface area contributed by atoms with Gasteiger partial charge >= 0.3 is 0 Å². The second-order valence-electron chi connectivity index (χ2n) is 5.90. The number of thiazole rings is 1. The summed E-state index contributed by atoms with van der Waals surface area (Å²) in [5.41, 5.74) is 2.64. The molecule has 0 saturated carbocycles. The predicted octanol–water partition coefficient (Wildman–Crippen LogP) is 4.71. The van der Waals surface area contributed by atoms with Crippen molar-refractivity contribution < 1.29 is 9.53 Å². The molecule has 1 fully saturated rings. The lowest BCUT2D eigenvalue weighted by Crippen LogP contribution is -2.30. The molecule has 0 aliphatic carbocycles. The first-order valence-corrected chi connectivity index (χ1v) is 10.3. The highest BCUT2D eigenvalue weighted by molar-refractivity contribution is 7.99. The maximum absolute atomic E-state index is 13.1. The first-order valence-electron chi connectivity index (χ1n) is 8.34. The van der Waals surface area contributed by atoms with Crippen LogP contribution in [-0.2, 0) is 0 Å². The molecule has 1 saturated heterocycles. The van der Waals surface area contributed by atoms with Crippen molar-refractivity contribution in [1.29, 1.82) is 0 Å². The van der Waals surface area contributed by atoms with Crippen molar-refractivity contribution in [2.24, 2.45) is 0 Å². The minimum Gasteiger partial charge on any atom is -0.497 e. The van der Waals surface area contributed by atoms with Crippen LogP contribution in [0.4, 0.5) is 0 Å². The van der Waals surface area contributed by atoms with Crippen molar-refractivity contribution in [2.45, 2.75) is 5.37 Å². The molecule has 1 atom stereocenters. The van der Waals surface area contributed by atoms with Crippen LogP contribution in [-0.4, -0.2) is 35.2 Å². The fourth-order valence-corrected chi connectivity index (χ4v) is 5.03. The molecule has 0 N–H and O–H groups in total. The van der Waals surface area contributed by atoms with Gasteiger partial charge in [0.15, 0.2) is 0 Å². The quantitative estimate of drug-likeness (QED) is 0.656. The maximum Gasteiger partial charge on any atom is 0.274 e. The van der Waals surface area contributed by atoms with E-state index in [0.717, 1.165) is 34.2 Å². The lowest BCUT2D eigenvalue weighted by Gasteiger charge is -2.23. The highest BCUT2D eigenvalue weighted by Gasteiger charge is 2.32. The molecule has 0 unspecified atom stereocenters. The van der Waals surface area contributed by atoms with Crippen LogP contribution in [0.2, 0.25) is 0 Å². The van der Waals surface area contributed by atoms with E-state index in [9.17, 15) is 4.79 Å². The van der Waals surface area contributed by atoms with Crippen molar-refractivity contribution in [3.63, 3.8) is 0 Å². The summed E-state index contributed by atoms with van der Waals surface area (Å²) in [6.45, 7) is 0.726. The molecule has 1 aliphatic heterocycles. The van der Waals surface area contributed by atoms with Crippen molar-refractivity contribution in [3.8, 4) is 16.3 Å². The number of ether oxygens (including phenoxy) is 1. The molecule has 1 aliphatic rings. The summed E-state index contributed by atoms with van der Waals surface area (Å²) in [5, 5.41) is 2.73. The van der Waals surface area contributed by atoms with E-state index < -0.39 is 0 Å². The molecule has 132 valence electrons. The average molecular weight is 383 g/mol. The molecule has 1 amide bonds. The number of benzene rings is 2. The summed E-state index contributed by atoms with van der Waals surface area (Å²) >= 11 is 3.28. The normalized spacial score (nSPS) is 16.7. The fraction of sp³-hybridized carbons (Fsp3) is 0.200. The molecule has 3 aromatic rings. The van der Waals surface area contributed by atoms with Crippen LogP contribution >= 0.6 is 23.1 Å². The van der Waals surface area contributed by atoms with Crippen molar-refractivity contribution in [2.75, 3.05) is 19.4 Å². The number of amides is 1. The molecule has 1 aromatic heterocycles. The molecule has 0 spiro atoms. The van der Waals surface area contributed by atoms with Gasteiger partial charge in [-0.3, -0.25) is 4.79 Å². The molecular weight excluding hydrogens is 364 g/mol. The SMILES string of the molecule is COc1cccc([C@@H]2SCCN2C(=O)c2csc(-c3ccccc3)n2)c1. The summed E-state index contributed by atoms with van der Waals surface area (Å²) in [5.74, 6) is 1.72. The van der Waals surface area contributed by atoms with Gasteiger partial charge in [-0.2, -0.15) is 0 Å². The summed E-state index contributed by atoms with van der Waals surface area (Å²) < 4.78 is 5.32. The minimum absolute atomic E-state index is 0.000486. The van der Waals surface area contributed by atoms with Crippen LogP contribution in [0.25, 0.3) is 10.6 Å². The van der Waals surface area contributed by atoms with Crippen LogP contribution in [0, 0.1) is 0 Å². The van der Waals surface area contributed by atoms with Gasteiger partial charge in [-0.1, -0.05) is 42.5 Å². The molecule has 0 radical (unpaired) electrons. The molecule has 26 heavy (non-hydrogen) atoms. The van der Waals surface area contributed by atoms with Gasteiger partial charge in [-0.05, 0) is 17.7 Å². The van der Waals surface area contributed by atoms with E-state index in [1.807, 2.05) is 64.9 Å². The van der Waals surface area contributed by atoms with E-state index in [-0.39, 0.29) is 11.3 Å². The lowest BCUT2D eigenvalue weighted by atomic mass is 10.2. The Labute approximate surface area is 160 Å². The zero-order valence-corrected chi connectivity index (χ0v) is 15.9. The van der Waals surface area contributed by atoms with Crippen LogP contribution in [0.15, 0.2) is 60.0 Å². The smallest absolute Gasteiger partial charge is 0.274 e. The summed E-state index contributed by atoms with van der Waals surface area (Å²) in [6, 6.07) is 17.9. The van der Waals surface area contributed by atoms with Crippen LogP contribution in [0.5, 0.6) is 5.75 Å². The lowest BCUT2D eigenvalue weighted by molar-refractivity contribution is 0.0755. The first-order chi connectivity index (χ1) is 12.8. The van der Waals surface area contributed by atoms with E-state index in [4.69, 9.17) is 4.74 Å². The Morgan fingerprint density at radius 1 is 1.19 bits per heavy atom. The highest BCUT2D eigenvalue weighted by Crippen LogP contribution is 2.40. The van der Waals surface area contributed by atoms with Gasteiger partial charge in [0.1, 0.15) is 21.8 Å². The number of hydrogen-bond acceptors (Lipinski definition) is 5. The fourth-order valence-electron chi connectivity index (χ4n) is 2.98. The number of thioether (sulfide) groups is 1. The van der Waals surface area contributed by atoms with E-state index >= 15 is 0 Å². The number of hydrogen-bond donors (Lipinski definition) is 0. The second kappa shape index (κ2) is 7.51. The third kappa shape index (κ3) is 3.34. The molecule has 4 rings (SSSR count). The average Bonchev–Trinajstić information content (AvgIpc) is 3.38. The Hall–Kier alpha value is -2.31. The topological polar surface area (TPSA) is 42.4 Å². The summed E-state index contributed by atoms with van der Waals surface area (Å²) in [4.78, 5) is 19.5. The van der Waals surface area contributed by atoms with Crippen molar-refractivity contribution in [1.82, 2.24) is 9.88 Å². The van der Waals surface area contributed by atoms with E-state index in [2.05, 4.69) is 4.98 Å². The van der Waals surface area contributed by atoms with Gasteiger partial charge < -0.3 is 9.64 Å². The van der Waals surface area contributed by atoms with Gasteiger partial charge in [0.05, 0.1) is 7.11 Å². The zero-order valence-electron chi connectivity index (χ0n) is 14.3. The molecule has 2 aromatic carbocycles. The first kappa shape index (κ1) is 17.1. The van der Waals surface area contributed by atoms with Crippen molar-refractivity contribution >= 4 is 29.0 Å². The van der Waals surface area contributed by atoms with Crippen LogP contribution in [0.3, 0.4) is 0 Å². The summed E-state index contributed by atoms with van der Waals surface area (Å²) in [7, 11) is 1.66. The van der Waals surface area contributed by atoms with Crippen LogP contribution < -0.4 is 4.74 Å². The Balaban J connectivity index is 1.58. The number of carbonyl (C=O) groups excluding carboxylic acids is 1. The van der Waals surface area contributed by atoms with Gasteiger partial charge in [-0.25, -0.2) is 4.98 Å². The molecular formula is C20H18N2O2S2. The number of methoxy groups -OCH3 is 1. The number of carbonyl (C=O) groups is 1. The third-order valence-corrected chi connectivity index (χ3v) is 6.43. The standard InChI is InChI=1S/C20H18N2O2S2/c1-24-16-9-5-8-15(12-16)20-22(10-11-25-20)19(23)17-13-26-18(21-17)14-6-3-2-4-7-14/h2-9,12-13,20H,10-11H2,1H3/t20-/m0/s1. The van der Waals surface area contributed by atoms with E-state index in [1.54, 1.807) is 18.9 Å². The maximum atomic E-state index is 13.1. The Kier molecular flexibility index (Phi) is 4.95. The third-order valence-electron chi connectivity index (χ3n) is 4.27. The largest absolute Gasteiger partial charge is 0.497 e. The molecule has 6 heteroatoms. The van der Waals surface area contributed by atoms with Gasteiger partial charge in [-0.15, -0.1) is 23.1 Å². The molecule has 2 heterocycles. The Morgan fingerprint density at radius 2 is 2.04 bits per heavy atom. The van der Waals surface area contributed by atoms with Gasteiger partial charge in [0.2, 0.25) is 0 Å². The van der Waals surface area contributed by atoms with Gasteiger partial charge in [0.25, 0.3) is 5.91 Å². The molecule has 4 nitrogen and oxygen atoms in total. The Morgan fingerprint density at radius 3 is 2.85 bits per heavy atom. The van der Waals surface area contributed by atoms with Crippen LogP contribution in [0.1, 0.15) is 21.4 Å². The molecule has 0 bridgehead atoms. The number of aromatic nitrogens is 1. The van der Waals surface area contributed by atoms with Gasteiger partial charge in [0, 0.05) is 23.2 Å². The highest BCUT2D eigenvalue weighted by atomic mass is 32.2.